The van der Waals surface area contributed by atoms with Crippen molar-refractivity contribution >= 4 is 15.9 Å². The van der Waals surface area contributed by atoms with Gasteiger partial charge in [0.05, 0.1) is 6.61 Å². The predicted octanol–water partition coefficient (Wildman–Crippen LogP) is 1.63. The van der Waals surface area contributed by atoms with Gasteiger partial charge in [0.25, 0.3) is 0 Å². The SMILES string of the molecule is OCC1CCCN1CC1(CBr)CCOCC1. The Labute approximate surface area is 106 Å². The van der Waals surface area contributed by atoms with Gasteiger partial charge < -0.3 is 9.84 Å². The van der Waals surface area contributed by atoms with Crippen molar-refractivity contribution < 1.29 is 9.84 Å². The quantitative estimate of drug-likeness (QED) is 0.800. The summed E-state index contributed by atoms with van der Waals surface area (Å²) < 4.78 is 5.46. The number of ether oxygens (including phenoxy) is 1. The third kappa shape index (κ3) is 2.78. The summed E-state index contributed by atoms with van der Waals surface area (Å²) in [6.07, 6.45) is 4.69. The minimum Gasteiger partial charge on any atom is -0.395 e. The van der Waals surface area contributed by atoms with Crippen LogP contribution in [0.15, 0.2) is 0 Å². The van der Waals surface area contributed by atoms with E-state index in [-0.39, 0.29) is 0 Å². The minimum atomic E-state index is 0.314. The van der Waals surface area contributed by atoms with Crippen LogP contribution in [0.1, 0.15) is 25.7 Å². The Balaban J connectivity index is 1.94. The maximum Gasteiger partial charge on any atom is 0.0586 e. The average molecular weight is 292 g/mol. The highest BCUT2D eigenvalue weighted by molar-refractivity contribution is 9.09. The Morgan fingerprint density at radius 1 is 1.38 bits per heavy atom. The van der Waals surface area contributed by atoms with Gasteiger partial charge in [0.1, 0.15) is 0 Å². The molecule has 0 saturated carbocycles. The normalized spacial score (nSPS) is 30.8. The summed E-state index contributed by atoms with van der Waals surface area (Å²) in [5, 5.41) is 10.4. The molecule has 0 radical (unpaired) electrons. The fourth-order valence-corrected chi connectivity index (χ4v) is 3.62. The maximum absolute atomic E-state index is 9.34. The van der Waals surface area contributed by atoms with Gasteiger partial charge in [0, 0.05) is 31.1 Å². The van der Waals surface area contributed by atoms with E-state index in [1.54, 1.807) is 0 Å². The molecule has 2 aliphatic rings. The Bertz CT molecular complexity index is 219. The second kappa shape index (κ2) is 5.80. The molecule has 0 aromatic carbocycles. The molecule has 0 aromatic heterocycles. The number of alkyl halides is 1. The highest BCUT2D eigenvalue weighted by atomic mass is 79.9. The topological polar surface area (TPSA) is 32.7 Å². The largest absolute Gasteiger partial charge is 0.395 e. The van der Waals surface area contributed by atoms with Crippen molar-refractivity contribution in [1.82, 2.24) is 4.90 Å². The van der Waals surface area contributed by atoms with E-state index >= 15 is 0 Å². The van der Waals surface area contributed by atoms with Crippen molar-refractivity contribution in [3.05, 3.63) is 0 Å². The summed E-state index contributed by atoms with van der Waals surface area (Å²) in [6.45, 7) is 4.37. The lowest BCUT2D eigenvalue weighted by Crippen LogP contribution is -2.45. The van der Waals surface area contributed by atoms with Crippen LogP contribution in [0.5, 0.6) is 0 Å². The van der Waals surface area contributed by atoms with Crippen LogP contribution in [0, 0.1) is 5.41 Å². The van der Waals surface area contributed by atoms with Crippen LogP contribution in [0.4, 0.5) is 0 Å². The molecule has 2 aliphatic heterocycles. The van der Waals surface area contributed by atoms with E-state index in [2.05, 4.69) is 20.8 Å². The molecule has 1 unspecified atom stereocenters. The molecule has 94 valence electrons. The lowest BCUT2D eigenvalue weighted by atomic mass is 9.81. The third-order valence-electron chi connectivity index (χ3n) is 4.09. The van der Waals surface area contributed by atoms with Gasteiger partial charge in [-0.05, 0) is 37.6 Å². The van der Waals surface area contributed by atoms with E-state index in [1.165, 1.54) is 6.42 Å². The zero-order valence-corrected chi connectivity index (χ0v) is 11.4. The van der Waals surface area contributed by atoms with Crippen molar-refractivity contribution in [2.75, 3.05) is 38.2 Å². The van der Waals surface area contributed by atoms with E-state index in [0.717, 1.165) is 50.9 Å². The highest BCUT2D eigenvalue weighted by Crippen LogP contribution is 2.35. The number of hydrogen-bond acceptors (Lipinski definition) is 3. The molecule has 2 heterocycles. The van der Waals surface area contributed by atoms with Gasteiger partial charge in [0.15, 0.2) is 0 Å². The fourth-order valence-electron chi connectivity index (χ4n) is 2.88. The van der Waals surface area contributed by atoms with Gasteiger partial charge in [-0.15, -0.1) is 0 Å². The molecule has 0 bridgehead atoms. The smallest absolute Gasteiger partial charge is 0.0586 e. The summed E-state index contributed by atoms with van der Waals surface area (Å²) in [7, 11) is 0. The van der Waals surface area contributed by atoms with Gasteiger partial charge in [-0.3, -0.25) is 4.90 Å². The molecule has 1 atom stereocenters. The summed E-state index contributed by atoms with van der Waals surface area (Å²) in [5.41, 5.74) is 0.371. The lowest BCUT2D eigenvalue weighted by Gasteiger charge is -2.40. The van der Waals surface area contributed by atoms with Gasteiger partial charge in [0.2, 0.25) is 0 Å². The molecular weight excluding hydrogens is 270 g/mol. The second-order valence-corrected chi connectivity index (χ2v) is 5.76. The molecule has 0 spiro atoms. The molecule has 2 fully saturated rings. The van der Waals surface area contributed by atoms with Crippen molar-refractivity contribution in [1.29, 1.82) is 0 Å². The van der Waals surface area contributed by atoms with Crippen LogP contribution < -0.4 is 0 Å². The summed E-state index contributed by atoms with van der Waals surface area (Å²) >= 11 is 3.67. The van der Waals surface area contributed by atoms with Gasteiger partial charge in [-0.2, -0.15) is 0 Å². The first-order chi connectivity index (χ1) is 7.79. The Morgan fingerprint density at radius 2 is 2.12 bits per heavy atom. The number of aliphatic hydroxyl groups excluding tert-OH is 1. The average Bonchev–Trinajstić information content (AvgIpc) is 2.77. The Morgan fingerprint density at radius 3 is 2.75 bits per heavy atom. The molecule has 0 amide bonds. The molecule has 3 nitrogen and oxygen atoms in total. The van der Waals surface area contributed by atoms with Crippen LogP contribution in [0.25, 0.3) is 0 Å². The van der Waals surface area contributed by atoms with Crippen molar-refractivity contribution in [2.45, 2.75) is 31.7 Å². The van der Waals surface area contributed by atoms with E-state index in [9.17, 15) is 5.11 Å². The van der Waals surface area contributed by atoms with Crippen LogP contribution in [-0.2, 0) is 4.74 Å². The van der Waals surface area contributed by atoms with Crippen LogP contribution in [-0.4, -0.2) is 54.3 Å². The number of likely N-dealkylation sites (tertiary alicyclic amines) is 1. The van der Waals surface area contributed by atoms with Crippen molar-refractivity contribution in [3.8, 4) is 0 Å². The first kappa shape index (κ1) is 12.8. The number of nitrogens with zero attached hydrogens (tertiary/aromatic N) is 1. The Kier molecular flexibility index (Phi) is 4.65. The monoisotopic (exact) mass is 291 g/mol. The number of rotatable bonds is 4. The maximum atomic E-state index is 9.34. The van der Waals surface area contributed by atoms with E-state index in [0.29, 0.717) is 18.1 Å². The molecule has 1 N–H and O–H groups in total. The molecular formula is C12H22BrNO2. The first-order valence-corrected chi connectivity index (χ1v) is 7.40. The van der Waals surface area contributed by atoms with Crippen molar-refractivity contribution in [2.24, 2.45) is 5.41 Å². The van der Waals surface area contributed by atoms with Crippen LogP contribution >= 0.6 is 15.9 Å². The first-order valence-electron chi connectivity index (χ1n) is 6.28. The lowest BCUT2D eigenvalue weighted by molar-refractivity contribution is 0.00222. The second-order valence-electron chi connectivity index (χ2n) is 5.20. The molecule has 0 aliphatic carbocycles. The fraction of sp³-hybridized carbons (Fsp3) is 1.00. The van der Waals surface area contributed by atoms with Crippen molar-refractivity contribution in [3.63, 3.8) is 0 Å². The molecule has 4 heteroatoms. The third-order valence-corrected chi connectivity index (χ3v) is 5.27. The predicted molar refractivity (Wildman–Crippen MR) is 68.0 cm³/mol. The summed E-state index contributed by atoms with van der Waals surface area (Å²) in [4.78, 5) is 2.48. The minimum absolute atomic E-state index is 0.314. The standard InChI is InChI=1S/C12H22BrNO2/c13-9-12(3-6-16-7-4-12)10-14-5-1-2-11(14)8-15/h11,15H,1-10H2. The van der Waals surface area contributed by atoms with E-state index in [4.69, 9.17) is 4.74 Å². The molecule has 0 aromatic rings. The zero-order chi connectivity index (χ0) is 11.4. The zero-order valence-electron chi connectivity index (χ0n) is 9.83. The number of hydrogen-bond donors (Lipinski definition) is 1. The molecule has 2 saturated heterocycles. The molecule has 2 rings (SSSR count). The van der Waals surface area contributed by atoms with Gasteiger partial charge in [-0.1, -0.05) is 15.9 Å². The van der Waals surface area contributed by atoms with E-state index < -0.39 is 0 Å². The number of halogens is 1. The van der Waals surface area contributed by atoms with Crippen LogP contribution in [0.2, 0.25) is 0 Å². The Hall–Kier alpha value is 0.360. The highest BCUT2D eigenvalue weighted by Gasteiger charge is 2.36. The van der Waals surface area contributed by atoms with Gasteiger partial charge in [-0.25, -0.2) is 0 Å². The van der Waals surface area contributed by atoms with Gasteiger partial charge >= 0.3 is 0 Å². The number of aliphatic hydroxyl groups is 1. The molecule has 16 heavy (non-hydrogen) atoms. The summed E-state index contributed by atoms with van der Waals surface area (Å²) in [6, 6.07) is 0.402. The summed E-state index contributed by atoms with van der Waals surface area (Å²) in [5.74, 6) is 0. The van der Waals surface area contributed by atoms with E-state index in [1.807, 2.05) is 0 Å². The van der Waals surface area contributed by atoms with Crippen LogP contribution in [0.3, 0.4) is 0 Å².